The maximum Gasteiger partial charge on any atom is 0.238 e. The number of aromatic hydroxyl groups is 1. The van der Waals surface area contributed by atoms with Gasteiger partial charge >= 0.3 is 0 Å². The van der Waals surface area contributed by atoms with E-state index >= 15 is 0 Å². The van der Waals surface area contributed by atoms with Crippen molar-refractivity contribution in [2.24, 2.45) is 0 Å². The summed E-state index contributed by atoms with van der Waals surface area (Å²) in [5, 5.41) is 17.1. The molecule has 10 rings (SSSR count). The molecule has 0 amide bonds. The summed E-state index contributed by atoms with van der Waals surface area (Å²) in [6, 6.07) is 47.1. The number of aromatic nitrogens is 5. The molecule has 0 saturated heterocycles. The number of ether oxygens (including phenoxy) is 1. The molecule has 10 aromatic rings. The van der Waals surface area contributed by atoms with E-state index in [1.165, 1.54) is 27.2 Å². The number of rotatable bonds is 4. The first-order chi connectivity index (χ1) is 24.2. The van der Waals surface area contributed by atoms with E-state index in [0.29, 0.717) is 17.6 Å². The summed E-state index contributed by atoms with van der Waals surface area (Å²) in [4.78, 5) is 15.1. The third kappa shape index (κ3) is 4.06. The van der Waals surface area contributed by atoms with E-state index in [1.54, 1.807) is 19.2 Å². The van der Waals surface area contributed by atoms with Crippen molar-refractivity contribution in [1.29, 1.82) is 0 Å². The second-order valence-electron chi connectivity index (χ2n) is 12.2. The fourth-order valence-electron chi connectivity index (χ4n) is 7.33. The minimum absolute atomic E-state index is 0.181. The van der Waals surface area contributed by atoms with E-state index in [-0.39, 0.29) is 5.75 Å². The van der Waals surface area contributed by atoms with E-state index in [4.69, 9.17) is 19.7 Å². The van der Waals surface area contributed by atoms with Gasteiger partial charge in [-0.15, -0.1) is 0 Å². The van der Waals surface area contributed by atoms with Gasteiger partial charge in [-0.2, -0.15) is 9.97 Å². The lowest BCUT2D eigenvalue weighted by molar-refractivity contribution is 0.415. The SMILES string of the molecule is COc1ccc(-c2nc(-c3ccc(O)cc3)nc(-n3c4ccccc4c4c5cc6c7ccccc7c7ccccc7n6c5ccc43)n2)cc1. The lowest BCUT2D eigenvalue weighted by Crippen LogP contribution is -2.06. The average molecular weight is 634 g/mol. The van der Waals surface area contributed by atoms with Gasteiger partial charge in [-0.05, 0) is 84.2 Å². The van der Waals surface area contributed by atoms with Crippen LogP contribution in [0.3, 0.4) is 0 Å². The van der Waals surface area contributed by atoms with Crippen LogP contribution < -0.4 is 4.74 Å². The quantitative estimate of drug-likeness (QED) is 0.195. The molecule has 0 atom stereocenters. The molecule has 0 aliphatic carbocycles. The van der Waals surface area contributed by atoms with Crippen molar-refractivity contribution in [3.05, 3.63) is 140 Å². The maximum absolute atomic E-state index is 10.0. The lowest BCUT2D eigenvalue weighted by Gasteiger charge is -2.11. The van der Waals surface area contributed by atoms with Crippen molar-refractivity contribution < 1.29 is 9.84 Å². The summed E-state index contributed by atoms with van der Waals surface area (Å²) in [7, 11) is 1.65. The van der Waals surface area contributed by atoms with Crippen LogP contribution in [0.5, 0.6) is 11.5 Å². The smallest absolute Gasteiger partial charge is 0.238 e. The monoisotopic (exact) mass is 633 g/mol. The Balaban J connectivity index is 1.31. The standard InChI is InChI=1S/C42H27N5O2/c1-49-28-20-16-26(17-21-28)41-43-40(25-14-18-27(48)19-15-25)44-42(45-41)47-35-13-7-5-11-32(35)39-33-24-38-31-10-3-2-8-29(31)30-9-4-6-12-34(30)46(38)36(33)22-23-37(39)47/h2-24,48H,1H3. The second-order valence-corrected chi connectivity index (χ2v) is 12.2. The molecular weight excluding hydrogens is 606 g/mol. The second kappa shape index (κ2) is 10.4. The molecule has 0 aliphatic rings. The van der Waals surface area contributed by atoms with Gasteiger partial charge in [0.25, 0.3) is 0 Å². The van der Waals surface area contributed by atoms with Crippen LogP contribution in [0.15, 0.2) is 140 Å². The number of nitrogens with zero attached hydrogens (tertiary/aromatic N) is 5. The van der Waals surface area contributed by atoms with Gasteiger partial charge in [0.15, 0.2) is 11.6 Å². The Bertz CT molecular complexity index is 2920. The van der Waals surface area contributed by atoms with E-state index < -0.39 is 0 Å². The van der Waals surface area contributed by atoms with Gasteiger partial charge < -0.3 is 14.2 Å². The molecule has 0 unspecified atom stereocenters. The van der Waals surface area contributed by atoms with Gasteiger partial charge in [-0.1, -0.05) is 60.7 Å². The lowest BCUT2D eigenvalue weighted by atomic mass is 10.0. The molecule has 0 radical (unpaired) electrons. The molecule has 4 aromatic heterocycles. The first-order valence-corrected chi connectivity index (χ1v) is 16.1. The van der Waals surface area contributed by atoms with Crippen LogP contribution in [0, 0.1) is 0 Å². The van der Waals surface area contributed by atoms with Gasteiger partial charge in [-0.25, -0.2) is 4.98 Å². The van der Waals surface area contributed by atoms with Gasteiger partial charge in [0, 0.05) is 38.1 Å². The zero-order chi connectivity index (χ0) is 32.6. The highest BCUT2D eigenvalue weighted by atomic mass is 16.5. The Morgan fingerprint density at radius 2 is 1.04 bits per heavy atom. The number of hydrogen-bond donors (Lipinski definition) is 1. The van der Waals surface area contributed by atoms with Crippen LogP contribution in [0.2, 0.25) is 0 Å². The van der Waals surface area contributed by atoms with Gasteiger partial charge in [0.2, 0.25) is 5.95 Å². The summed E-state index contributed by atoms with van der Waals surface area (Å²) >= 11 is 0. The zero-order valence-corrected chi connectivity index (χ0v) is 26.4. The third-order valence-electron chi connectivity index (χ3n) is 9.55. The van der Waals surface area contributed by atoms with Crippen molar-refractivity contribution in [3.63, 3.8) is 0 Å². The van der Waals surface area contributed by atoms with E-state index in [0.717, 1.165) is 49.6 Å². The van der Waals surface area contributed by atoms with Crippen molar-refractivity contribution in [2.75, 3.05) is 7.11 Å². The van der Waals surface area contributed by atoms with E-state index in [2.05, 4.69) is 100.0 Å². The number of phenols is 1. The Kier molecular flexibility index (Phi) is 5.81. The zero-order valence-electron chi connectivity index (χ0n) is 26.4. The normalized spacial score (nSPS) is 11.9. The highest BCUT2D eigenvalue weighted by Crippen LogP contribution is 2.41. The van der Waals surface area contributed by atoms with Crippen LogP contribution >= 0.6 is 0 Å². The number of para-hydroxylation sites is 2. The molecule has 6 aromatic carbocycles. The summed E-state index contributed by atoms with van der Waals surface area (Å²) in [5.41, 5.74) is 7.11. The number of methoxy groups -OCH3 is 1. The molecular formula is C42H27N5O2. The van der Waals surface area contributed by atoms with Crippen LogP contribution in [-0.2, 0) is 0 Å². The molecule has 0 bridgehead atoms. The van der Waals surface area contributed by atoms with E-state index in [1.807, 2.05) is 36.4 Å². The molecule has 1 N–H and O–H groups in total. The van der Waals surface area contributed by atoms with Crippen LogP contribution in [0.4, 0.5) is 0 Å². The third-order valence-corrected chi connectivity index (χ3v) is 9.55. The van der Waals surface area contributed by atoms with Crippen molar-refractivity contribution >= 4 is 59.9 Å². The van der Waals surface area contributed by atoms with Crippen LogP contribution in [0.1, 0.15) is 0 Å². The number of hydrogen-bond acceptors (Lipinski definition) is 5. The predicted octanol–water partition coefficient (Wildman–Crippen LogP) is 9.73. The highest BCUT2D eigenvalue weighted by molar-refractivity contribution is 6.24. The molecule has 49 heavy (non-hydrogen) atoms. The molecule has 4 heterocycles. The molecule has 7 nitrogen and oxygen atoms in total. The molecule has 0 spiro atoms. The topological polar surface area (TPSA) is 77.5 Å². The summed E-state index contributed by atoms with van der Waals surface area (Å²) < 4.78 is 9.95. The summed E-state index contributed by atoms with van der Waals surface area (Å²) in [6.07, 6.45) is 0. The van der Waals surface area contributed by atoms with Crippen LogP contribution in [0.25, 0.3) is 88.6 Å². The minimum Gasteiger partial charge on any atom is -0.508 e. The molecule has 0 aliphatic heterocycles. The fraction of sp³-hybridized carbons (Fsp3) is 0.0238. The van der Waals surface area contributed by atoms with Crippen molar-refractivity contribution in [3.8, 4) is 40.2 Å². The first kappa shape index (κ1) is 27.4. The van der Waals surface area contributed by atoms with E-state index in [9.17, 15) is 5.11 Å². The Morgan fingerprint density at radius 3 is 1.73 bits per heavy atom. The Labute approximate surface area is 279 Å². The first-order valence-electron chi connectivity index (χ1n) is 16.1. The Morgan fingerprint density at radius 1 is 0.490 bits per heavy atom. The maximum atomic E-state index is 10.0. The number of phenolic OH excluding ortho intramolecular Hbond substituents is 1. The van der Waals surface area contributed by atoms with Crippen LogP contribution in [-0.4, -0.2) is 36.1 Å². The average Bonchev–Trinajstić information content (AvgIpc) is 3.72. The number of pyridine rings is 1. The molecule has 0 saturated carbocycles. The van der Waals surface area contributed by atoms with Crippen molar-refractivity contribution in [1.82, 2.24) is 23.9 Å². The van der Waals surface area contributed by atoms with Crippen molar-refractivity contribution in [2.45, 2.75) is 0 Å². The number of fused-ring (bicyclic) bond motifs is 12. The molecule has 7 heteroatoms. The summed E-state index contributed by atoms with van der Waals surface area (Å²) in [6.45, 7) is 0. The largest absolute Gasteiger partial charge is 0.508 e. The van der Waals surface area contributed by atoms with Gasteiger partial charge in [0.05, 0.1) is 34.7 Å². The molecule has 0 fully saturated rings. The predicted molar refractivity (Wildman–Crippen MR) is 197 cm³/mol. The Hall–Kier alpha value is -6.73. The van der Waals surface area contributed by atoms with Gasteiger partial charge in [-0.3, -0.25) is 4.57 Å². The highest BCUT2D eigenvalue weighted by Gasteiger charge is 2.21. The number of benzene rings is 6. The van der Waals surface area contributed by atoms with Gasteiger partial charge in [0.1, 0.15) is 11.5 Å². The minimum atomic E-state index is 0.181. The molecule has 232 valence electrons. The fourth-order valence-corrected chi connectivity index (χ4v) is 7.33. The summed E-state index contributed by atoms with van der Waals surface area (Å²) in [5.74, 6) is 2.49.